The fourth-order valence-corrected chi connectivity index (χ4v) is 1.30. The van der Waals surface area contributed by atoms with Gasteiger partial charge in [0.25, 0.3) is 0 Å². The lowest BCUT2D eigenvalue weighted by atomic mass is 10.3. The second-order valence-electron chi connectivity index (χ2n) is 3.03. The van der Waals surface area contributed by atoms with Crippen molar-refractivity contribution in [1.82, 2.24) is 9.78 Å². The van der Waals surface area contributed by atoms with Gasteiger partial charge in [0.05, 0.1) is 10.9 Å². The average molecular weight is 179 g/mol. The van der Waals surface area contributed by atoms with E-state index in [0.717, 1.165) is 11.5 Å². The summed E-state index contributed by atoms with van der Waals surface area (Å²) in [6, 6.07) is 1.98. The van der Waals surface area contributed by atoms with Gasteiger partial charge in [0.1, 0.15) is 0 Å². The van der Waals surface area contributed by atoms with E-state index >= 15 is 0 Å². The molecule has 12 heavy (non-hydrogen) atoms. The van der Waals surface area contributed by atoms with E-state index in [9.17, 15) is 0 Å². The summed E-state index contributed by atoms with van der Waals surface area (Å²) in [6.45, 7) is 0. The lowest BCUT2D eigenvalue weighted by Gasteiger charge is -1.88. The Bertz CT molecular complexity index is 345. The fraction of sp³-hybridized carbons (Fsp3) is 0.500. The number of hydrogen-bond acceptors (Lipinski definition) is 3. The monoisotopic (exact) mass is 179 g/mol. The van der Waals surface area contributed by atoms with Crippen LogP contribution in [0.4, 0.5) is 5.82 Å². The molecule has 0 saturated heterocycles. The smallest absolute Gasteiger partial charge is 0.161 e. The maximum absolute atomic E-state index is 4.53. The molecule has 1 aliphatic carbocycles. The first-order valence-electron chi connectivity index (χ1n) is 3.93. The molecule has 0 N–H and O–H groups in total. The quantitative estimate of drug-likeness (QED) is 0.513. The van der Waals surface area contributed by atoms with Crippen molar-refractivity contribution in [2.24, 2.45) is 12.0 Å². The SMILES string of the molecule is Cn1nc(C2CC2)cc1N=C=S. The maximum atomic E-state index is 4.53. The van der Waals surface area contributed by atoms with Crippen molar-refractivity contribution in [3.63, 3.8) is 0 Å². The summed E-state index contributed by atoms with van der Waals surface area (Å²) in [5, 5.41) is 6.67. The van der Waals surface area contributed by atoms with Crippen molar-refractivity contribution < 1.29 is 0 Å². The molecule has 1 saturated carbocycles. The van der Waals surface area contributed by atoms with Gasteiger partial charge in [-0.2, -0.15) is 10.1 Å². The standard InChI is InChI=1S/C8H9N3S/c1-11-8(9-5-12)4-7(10-11)6-2-3-6/h4,6H,2-3H2,1H3. The van der Waals surface area contributed by atoms with Gasteiger partial charge in [0, 0.05) is 19.0 Å². The molecular formula is C8H9N3S. The minimum atomic E-state index is 0.672. The summed E-state index contributed by atoms with van der Waals surface area (Å²) < 4.78 is 1.74. The molecule has 0 atom stereocenters. The Kier molecular flexibility index (Phi) is 1.79. The van der Waals surface area contributed by atoms with Gasteiger partial charge in [0.15, 0.2) is 5.82 Å². The normalized spacial score (nSPS) is 15.8. The molecule has 1 aromatic heterocycles. The predicted octanol–water partition coefficient (Wildman–Crippen LogP) is 2.03. The lowest BCUT2D eigenvalue weighted by Crippen LogP contribution is -1.90. The van der Waals surface area contributed by atoms with Crippen molar-refractivity contribution in [2.75, 3.05) is 0 Å². The minimum absolute atomic E-state index is 0.672. The molecule has 3 nitrogen and oxygen atoms in total. The maximum Gasteiger partial charge on any atom is 0.161 e. The zero-order valence-corrected chi connectivity index (χ0v) is 7.64. The first kappa shape index (κ1) is 7.65. The number of aliphatic imine (C=N–C) groups is 1. The largest absolute Gasteiger partial charge is 0.250 e. The molecule has 0 aliphatic heterocycles. The Morgan fingerprint density at radius 1 is 1.75 bits per heavy atom. The molecule has 1 aliphatic rings. The molecule has 0 bridgehead atoms. The Balaban J connectivity index is 2.35. The fourth-order valence-electron chi connectivity index (χ4n) is 1.21. The van der Waals surface area contributed by atoms with E-state index in [-0.39, 0.29) is 0 Å². The summed E-state index contributed by atoms with van der Waals surface area (Å²) in [6.07, 6.45) is 2.52. The lowest BCUT2D eigenvalue weighted by molar-refractivity contribution is 0.747. The van der Waals surface area contributed by atoms with Crippen LogP contribution < -0.4 is 0 Å². The first-order valence-corrected chi connectivity index (χ1v) is 4.34. The highest BCUT2D eigenvalue weighted by molar-refractivity contribution is 7.78. The molecule has 0 amide bonds. The summed E-state index contributed by atoms with van der Waals surface area (Å²) in [5.41, 5.74) is 1.14. The van der Waals surface area contributed by atoms with E-state index in [4.69, 9.17) is 0 Å². The van der Waals surface area contributed by atoms with Crippen LogP contribution in [-0.4, -0.2) is 14.9 Å². The highest BCUT2D eigenvalue weighted by atomic mass is 32.1. The molecule has 2 rings (SSSR count). The number of aryl methyl sites for hydroxylation is 1. The molecule has 62 valence electrons. The number of isothiocyanates is 1. The van der Waals surface area contributed by atoms with E-state index in [0.29, 0.717) is 5.92 Å². The van der Waals surface area contributed by atoms with Gasteiger partial charge in [-0.15, -0.1) is 0 Å². The Hall–Kier alpha value is -0.990. The summed E-state index contributed by atoms with van der Waals surface area (Å²) in [5.74, 6) is 1.47. The van der Waals surface area contributed by atoms with Crippen LogP contribution in [-0.2, 0) is 7.05 Å². The summed E-state index contributed by atoms with van der Waals surface area (Å²) >= 11 is 4.53. The van der Waals surface area contributed by atoms with Gasteiger partial charge >= 0.3 is 0 Å². The van der Waals surface area contributed by atoms with E-state index < -0.39 is 0 Å². The van der Waals surface area contributed by atoms with Gasteiger partial charge in [0.2, 0.25) is 0 Å². The van der Waals surface area contributed by atoms with Gasteiger partial charge in [-0.05, 0) is 25.1 Å². The summed E-state index contributed by atoms with van der Waals surface area (Å²) in [7, 11) is 1.87. The van der Waals surface area contributed by atoms with Crippen molar-refractivity contribution in [1.29, 1.82) is 0 Å². The van der Waals surface area contributed by atoms with Crippen LogP contribution in [0.3, 0.4) is 0 Å². The number of thiocarbonyl (C=S) groups is 1. The second kappa shape index (κ2) is 2.81. The third kappa shape index (κ3) is 1.31. The zero-order chi connectivity index (χ0) is 8.55. The molecule has 0 aromatic carbocycles. The van der Waals surface area contributed by atoms with Gasteiger partial charge < -0.3 is 0 Å². The van der Waals surface area contributed by atoms with Crippen molar-refractivity contribution in [3.8, 4) is 0 Å². The van der Waals surface area contributed by atoms with Crippen LogP contribution in [0.2, 0.25) is 0 Å². The Labute approximate surface area is 76.1 Å². The molecule has 1 aromatic rings. The molecule has 0 spiro atoms. The molecule has 4 heteroatoms. The van der Waals surface area contributed by atoms with Gasteiger partial charge in [-0.3, -0.25) is 4.68 Å². The topological polar surface area (TPSA) is 30.2 Å². The number of nitrogens with zero attached hydrogens (tertiary/aromatic N) is 3. The molecule has 0 radical (unpaired) electrons. The summed E-state index contributed by atoms with van der Waals surface area (Å²) in [4.78, 5) is 3.90. The van der Waals surface area contributed by atoms with Gasteiger partial charge in [-0.1, -0.05) is 0 Å². The van der Waals surface area contributed by atoms with E-state index in [1.54, 1.807) is 4.68 Å². The van der Waals surface area contributed by atoms with E-state index in [1.165, 1.54) is 12.8 Å². The van der Waals surface area contributed by atoms with Gasteiger partial charge in [-0.25, -0.2) is 0 Å². The predicted molar refractivity (Wildman–Crippen MR) is 49.9 cm³/mol. The van der Waals surface area contributed by atoms with Crippen molar-refractivity contribution in [2.45, 2.75) is 18.8 Å². The molecular weight excluding hydrogens is 170 g/mol. The molecule has 0 unspecified atom stereocenters. The highest BCUT2D eigenvalue weighted by Gasteiger charge is 2.26. The number of hydrogen-bond donors (Lipinski definition) is 0. The van der Waals surface area contributed by atoms with Crippen LogP contribution in [0.25, 0.3) is 0 Å². The molecule has 1 fully saturated rings. The van der Waals surface area contributed by atoms with E-state index in [1.807, 2.05) is 13.1 Å². The van der Waals surface area contributed by atoms with Crippen LogP contribution in [0.5, 0.6) is 0 Å². The van der Waals surface area contributed by atoms with Crippen LogP contribution in [0, 0.1) is 0 Å². The van der Waals surface area contributed by atoms with Crippen molar-refractivity contribution in [3.05, 3.63) is 11.8 Å². The average Bonchev–Trinajstić information content (AvgIpc) is 2.80. The Morgan fingerprint density at radius 2 is 2.50 bits per heavy atom. The minimum Gasteiger partial charge on any atom is -0.250 e. The zero-order valence-electron chi connectivity index (χ0n) is 6.82. The number of aromatic nitrogens is 2. The van der Waals surface area contributed by atoms with E-state index in [2.05, 4.69) is 27.5 Å². The van der Waals surface area contributed by atoms with Crippen LogP contribution in [0.15, 0.2) is 11.1 Å². The molecule has 1 heterocycles. The number of rotatable bonds is 2. The first-order chi connectivity index (χ1) is 5.81. The third-order valence-corrected chi connectivity index (χ3v) is 2.12. The second-order valence-corrected chi connectivity index (χ2v) is 3.21. The van der Waals surface area contributed by atoms with Crippen LogP contribution >= 0.6 is 12.2 Å². The van der Waals surface area contributed by atoms with Crippen LogP contribution in [0.1, 0.15) is 24.5 Å². The third-order valence-electron chi connectivity index (χ3n) is 2.03. The Morgan fingerprint density at radius 3 is 3.08 bits per heavy atom. The van der Waals surface area contributed by atoms with Crippen molar-refractivity contribution >= 4 is 23.2 Å². The highest BCUT2D eigenvalue weighted by Crippen LogP contribution is 2.40.